The number of rotatable bonds is 14. The molecular formula is C14H31NO3. The van der Waals surface area contributed by atoms with E-state index in [0.717, 1.165) is 52.4 Å². The molecule has 0 radical (unpaired) electrons. The molecule has 4 heteroatoms. The highest BCUT2D eigenvalue weighted by molar-refractivity contribution is 4.62. The van der Waals surface area contributed by atoms with E-state index in [0.29, 0.717) is 5.92 Å². The van der Waals surface area contributed by atoms with Gasteiger partial charge in [-0.2, -0.15) is 0 Å². The standard InChI is InChI=1S/C14H31NO3/c1-4-6-14(13-15-8-12-17-3)7-11-18-10-5-9-16-2/h14-15H,4-13H2,1-3H3. The predicted octanol–water partition coefficient (Wildman–Crippen LogP) is 2.08. The third-order valence-electron chi connectivity index (χ3n) is 2.92. The summed E-state index contributed by atoms with van der Waals surface area (Å²) in [6.45, 7) is 7.49. The van der Waals surface area contributed by atoms with Crippen LogP contribution in [-0.4, -0.2) is 53.7 Å². The largest absolute Gasteiger partial charge is 0.385 e. The Morgan fingerprint density at radius 1 is 0.944 bits per heavy atom. The molecule has 0 aromatic carbocycles. The second kappa shape index (κ2) is 14.9. The molecule has 0 aromatic heterocycles. The van der Waals surface area contributed by atoms with Gasteiger partial charge in [0, 0.05) is 40.6 Å². The van der Waals surface area contributed by atoms with Gasteiger partial charge in [-0.3, -0.25) is 0 Å². The first-order valence-electron chi connectivity index (χ1n) is 7.11. The van der Waals surface area contributed by atoms with Gasteiger partial charge in [-0.1, -0.05) is 13.3 Å². The lowest BCUT2D eigenvalue weighted by Crippen LogP contribution is -2.27. The second-order valence-corrected chi connectivity index (χ2v) is 4.60. The van der Waals surface area contributed by atoms with Gasteiger partial charge in [0.1, 0.15) is 0 Å². The van der Waals surface area contributed by atoms with Crippen LogP contribution in [-0.2, 0) is 14.2 Å². The fourth-order valence-electron chi connectivity index (χ4n) is 1.89. The minimum atomic E-state index is 0.717. The molecule has 4 nitrogen and oxygen atoms in total. The van der Waals surface area contributed by atoms with Crippen molar-refractivity contribution >= 4 is 0 Å². The van der Waals surface area contributed by atoms with Crippen molar-refractivity contribution in [3.8, 4) is 0 Å². The monoisotopic (exact) mass is 261 g/mol. The van der Waals surface area contributed by atoms with Crippen molar-refractivity contribution in [3.05, 3.63) is 0 Å². The summed E-state index contributed by atoms with van der Waals surface area (Å²) in [5, 5.41) is 3.43. The zero-order chi connectivity index (χ0) is 13.5. The molecule has 0 saturated carbocycles. The van der Waals surface area contributed by atoms with E-state index >= 15 is 0 Å². The molecule has 0 rings (SSSR count). The molecular weight excluding hydrogens is 230 g/mol. The van der Waals surface area contributed by atoms with Crippen molar-refractivity contribution in [2.75, 3.05) is 53.7 Å². The van der Waals surface area contributed by atoms with Crippen LogP contribution in [0.25, 0.3) is 0 Å². The van der Waals surface area contributed by atoms with E-state index in [1.165, 1.54) is 12.8 Å². The van der Waals surface area contributed by atoms with Crippen LogP contribution in [0.5, 0.6) is 0 Å². The quantitative estimate of drug-likeness (QED) is 0.486. The number of methoxy groups -OCH3 is 2. The molecule has 0 bridgehead atoms. The average molecular weight is 261 g/mol. The smallest absolute Gasteiger partial charge is 0.0587 e. The Kier molecular flexibility index (Phi) is 14.8. The third kappa shape index (κ3) is 12.3. The van der Waals surface area contributed by atoms with Crippen LogP contribution in [0, 0.1) is 5.92 Å². The molecule has 0 aliphatic carbocycles. The van der Waals surface area contributed by atoms with E-state index in [2.05, 4.69) is 12.2 Å². The van der Waals surface area contributed by atoms with Crippen molar-refractivity contribution < 1.29 is 14.2 Å². The van der Waals surface area contributed by atoms with Crippen LogP contribution in [0.2, 0.25) is 0 Å². The maximum atomic E-state index is 5.61. The van der Waals surface area contributed by atoms with Gasteiger partial charge in [0.15, 0.2) is 0 Å². The van der Waals surface area contributed by atoms with Gasteiger partial charge >= 0.3 is 0 Å². The summed E-state index contributed by atoms with van der Waals surface area (Å²) >= 11 is 0. The highest BCUT2D eigenvalue weighted by Gasteiger charge is 2.07. The fraction of sp³-hybridized carbons (Fsp3) is 1.00. The van der Waals surface area contributed by atoms with Crippen LogP contribution in [0.4, 0.5) is 0 Å². The van der Waals surface area contributed by atoms with Gasteiger partial charge in [0.2, 0.25) is 0 Å². The summed E-state index contributed by atoms with van der Waals surface area (Å²) in [5.74, 6) is 0.717. The van der Waals surface area contributed by atoms with Gasteiger partial charge in [0.05, 0.1) is 6.61 Å². The van der Waals surface area contributed by atoms with Gasteiger partial charge in [0.25, 0.3) is 0 Å². The van der Waals surface area contributed by atoms with Crippen molar-refractivity contribution in [1.82, 2.24) is 5.32 Å². The summed E-state index contributed by atoms with van der Waals surface area (Å²) in [6.07, 6.45) is 4.63. The molecule has 0 aromatic rings. The zero-order valence-electron chi connectivity index (χ0n) is 12.4. The van der Waals surface area contributed by atoms with Crippen LogP contribution in [0.15, 0.2) is 0 Å². The Balaban J connectivity index is 3.44. The van der Waals surface area contributed by atoms with Crippen molar-refractivity contribution in [3.63, 3.8) is 0 Å². The number of hydrogen-bond acceptors (Lipinski definition) is 4. The first kappa shape index (κ1) is 17.8. The molecule has 1 unspecified atom stereocenters. The Morgan fingerprint density at radius 2 is 1.72 bits per heavy atom. The average Bonchev–Trinajstić information content (AvgIpc) is 2.38. The number of hydrogen-bond donors (Lipinski definition) is 1. The second-order valence-electron chi connectivity index (χ2n) is 4.60. The SMILES string of the molecule is CCCC(CCOCCCOC)CNCCOC. The van der Waals surface area contributed by atoms with Gasteiger partial charge in [-0.25, -0.2) is 0 Å². The predicted molar refractivity (Wildman–Crippen MR) is 75.1 cm³/mol. The van der Waals surface area contributed by atoms with Crippen LogP contribution < -0.4 is 5.32 Å². The molecule has 0 heterocycles. The molecule has 1 N–H and O–H groups in total. The molecule has 0 amide bonds. The summed E-state index contributed by atoms with van der Waals surface area (Å²) in [5.41, 5.74) is 0. The minimum absolute atomic E-state index is 0.717. The Hall–Kier alpha value is -0.160. The molecule has 0 spiro atoms. The molecule has 110 valence electrons. The summed E-state index contributed by atoms with van der Waals surface area (Å²) < 4.78 is 15.6. The lowest BCUT2D eigenvalue weighted by atomic mass is 10.0. The van der Waals surface area contributed by atoms with Crippen LogP contribution >= 0.6 is 0 Å². The lowest BCUT2D eigenvalue weighted by molar-refractivity contribution is 0.0925. The molecule has 0 saturated heterocycles. The summed E-state index contributed by atoms with van der Waals surface area (Å²) in [6, 6.07) is 0. The Labute approximate surface area is 112 Å². The summed E-state index contributed by atoms with van der Waals surface area (Å²) in [7, 11) is 3.46. The molecule has 0 aliphatic heterocycles. The number of ether oxygens (including phenoxy) is 3. The molecule has 18 heavy (non-hydrogen) atoms. The fourth-order valence-corrected chi connectivity index (χ4v) is 1.89. The lowest BCUT2D eigenvalue weighted by Gasteiger charge is -2.17. The van der Waals surface area contributed by atoms with Crippen molar-refractivity contribution in [1.29, 1.82) is 0 Å². The topological polar surface area (TPSA) is 39.7 Å². The van der Waals surface area contributed by atoms with Crippen molar-refractivity contribution in [2.24, 2.45) is 5.92 Å². The Bertz CT molecular complexity index is 156. The summed E-state index contributed by atoms with van der Waals surface area (Å²) in [4.78, 5) is 0. The molecule has 0 aliphatic rings. The zero-order valence-corrected chi connectivity index (χ0v) is 12.4. The van der Waals surface area contributed by atoms with Gasteiger partial charge < -0.3 is 19.5 Å². The number of nitrogens with one attached hydrogen (secondary N) is 1. The third-order valence-corrected chi connectivity index (χ3v) is 2.92. The first-order chi connectivity index (χ1) is 8.85. The van der Waals surface area contributed by atoms with E-state index in [4.69, 9.17) is 14.2 Å². The van der Waals surface area contributed by atoms with Crippen LogP contribution in [0.1, 0.15) is 32.6 Å². The maximum Gasteiger partial charge on any atom is 0.0587 e. The first-order valence-corrected chi connectivity index (χ1v) is 7.11. The Morgan fingerprint density at radius 3 is 2.39 bits per heavy atom. The van der Waals surface area contributed by atoms with E-state index in [1.807, 2.05) is 0 Å². The van der Waals surface area contributed by atoms with Gasteiger partial charge in [-0.15, -0.1) is 0 Å². The van der Waals surface area contributed by atoms with Crippen LogP contribution in [0.3, 0.4) is 0 Å². The van der Waals surface area contributed by atoms with Gasteiger partial charge in [-0.05, 0) is 31.7 Å². The van der Waals surface area contributed by atoms with Crippen molar-refractivity contribution in [2.45, 2.75) is 32.6 Å². The highest BCUT2D eigenvalue weighted by atomic mass is 16.5. The minimum Gasteiger partial charge on any atom is -0.385 e. The van der Waals surface area contributed by atoms with E-state index < -0.39 is 0 Å². The normalized spacial score (nSPS) is 12.8. The maximum absolute atomic E-state index is 5.61. The molecule has 0 fully saturated rings. The van der Waals surface area contributed by atoms with E-state index in [-0.39, 0.29) is 0 Å². The van der Waals surface area contributed by atoms with E-state index in [9.17, 15) is 0 Å². The molecule has 1 atom stereocenters. The highest BCUT2D eigenvalue weighted by Crippen LogP contribution is 2.10. The van der Waals surface area contributed by atoms with E-state index in [1.54, 1.807) is 14.2 Å².